The number of hydrogen-bond acceptors (Lipinski definition) is 5. The summed E-state index contributed by atoms with van der Waals surface area (Å²) in [6.45, 7) is 0.278. The highest BCUT2D eigenvalue weighted by atomic mass is 32.2. The molecule has 6 nitrogen and oxygen atoms in total. The molecular weight excluding hydrogens is 387 g/mol. The fraction of sp³-hybridized carbons (Fsp3) is 0.412. The van der Waals surface area contributed by atoms with E-state index in [9.17, 15) is 36.3 Å². The molecule has 27 heavy (non-hydrogen) atoms. The van der Waals surface area contributed by atoms with E-state index in [1.165, 1.54) is 12.1 Å². The second kappa shape index (κ2) is 6.16. The Hall–Kier alpha value is -2.20. The summed E-state index contributed by atoms with van der Waals surface area (Å²) < 4.78 is 64.0. The predicted octanol–water partition coefficient (Wildman–Crippen LogP) is 2.39. The van der Waals surface area contributed by atoms with Crippen LogP contribution in [-0.2, 0) is 14.6 Å². The van der Waals surface area contributed by atoms with E-state index in [0.717, 1.165) is 6.07 Å². The van der Waals surface area contributed by atoms with Gasteiger partial charge in [-0.2, -0.15) is 13.2 Å². The lowest BCUT2D eigenvalue weighted by atomic mass is 9.98. The molecule has 1 atom stereocenters. The van der Waals surface area contributed by atoms with Gasteiger partial charge < -0.3 is 10.4 Å². The number of halogens is 3. The Labute approximate surface area is 153 Å². The zero-order chi connectivity index (χ0) is 20.2. The number of carbonyl (C=O) groups excluding carboxylic acids is 2. The molecule has 1 aliphatic heterocycles. The number of amides is 1. The topological polar surface area (TPSA) is 101 Å². The van der Waals surface area contributed by atoms with Crippen molar-refractivity contribution >= 4 is 27.2 Å². The fourth-order valence-corrected chi connectivity index (χ4v) is 4.93. The lowest BCUT2D eigenvalue weighted by Crippen LogP contribution is -2.52. The molecule has 3 rings (SSSR count). The molecule has 1 heterocycles. The quantitative estimate of drug-likeness (QED) is 0.790. The number of ketones is 1. The molecule has 1 aliphatic carbocycles. The van der Waals surface area contributed by atoms with Gasteiger partial charge in [-0.3, -0.25) is 9.59 Å². The van der Waals surface area contributed by atoms with Crippen molar-refractivity contribution in [2.75, 3.05) is 11.1 Å². The average Bonchev–Trinajstić information content (AvgIpc) is 2.97. The summed E-state index contributed by atoms with van der Waals surface area (Å²) in [5.41, 5.74) is -3.63. The van der Waals surface area contributed by atoms with Crippen LogP contribution in [0.3, 0.4) is 0 Å². The summed E-state index contributed by atoms with van der Waals surface area (Å²) in [5.74, 6) is -2.77. The molecule has 1 aromatic carbocycles. The van der Waals surface area contributed by atoms with Crippen molar-refractivity contribution in [1.29, 1.82) is 0 Å². The molecule has 1 amide bonds. The first kappa shape index (κ1) is 19.6. The number of rotatable bonds is 2. The summed E-state index contributed by atoms with van der Waals surface area (Å²) in [5, 5.41) is 11.4. The first-order valence-electron chi connectivity index (χ1n) is 8.08. The van der Waals surface area contributed by atoms with Crippen molar-refractivity contribution < 1.29 is 36.3 Å². The molecule has 2 aliphatic rings. The average molecular weight is 403 g/mol. The number of carbonyl (C=O) groups is 2. The number of hydrogen-bond donors (Lipinski definition) is 2. The van der Waals surface area contributed by atoms with E-state index in [2.05, 4.69) is 0 Å². The molecule has 0 fully saturated rings. The van der Waals surface area contributed by atoms with E-state index < -0.39 is 33.3 Å². The van der Waals surface area contributed by atoms with Crippen molar-refractivity contribution in [2.24, 2.45) is 0 Å². The second-order valence-corrected chi connectivity index (χ2v) is 8.68. The molecule has 0 saturated carbocycles. The van der Waals surface area contributed by atoms with E-state index in [1.54, 1.807) is 0 Å². The number of benzene rings is 1. The van der Waals surface area contributed by atoms with Crippen LogP contribution < -0.4 is 5.32 Å². The Bertz CT molecular complexity index is 977. The molecule has 1 aromatic rings. The first-order chi connectivity index (χ1) is 12.4. The summed E-state index contributed by atoms with van der Waals surface area (Å²) in [4.78, 5) is 24.5. The highest BCUT2D eigenvalue weighted by molar-refractivity contribution is 7.91. The van der Waals surface area contributed by atoms with Crippen molar-refractivity contribution in [3.8, 4) is 0 Å². The molecule has 0 saturated heterocycles. The van der Waals surface area contributed by atoms with Crippen LogP contribution in [0.25, 0.3) is 0 Å². The Morgan fingerprint density at radius 3 is 2.52 bits per heavy atom. The third-order valence-electron chi connectivity index (χ3n) is 4.80. The zero-order valence-corrected chi connectivity index (χ0v) is 15.0. The Morgan fingerprint density at radius 2 is 1.89 bits per heavy atom. The summed E-state index contributed by atoms with van der Waals surface area (Å²) in [6, 6.07) is 3.54. The molecular formula is C17H16F3NO5S. The van der Waals surface area contributed by atoms with Gasteiger partial charge in [0.05, 0.1) is 21.9 Å². The fourth-order valence-electron chi connectivity index (χ4n) is 3.20. The SMILES string of the molecule is CC(O)(C(=O)Nc1cccc2c1C(=O)C1=C(CCC1)CS2(=O)=O)C(F)(F)F. The minimum absolute atomic E-state index is 0.278. The lowest BCUT2D eigenvalue weighted by Gasteiger charge is -2.25. The molecule has 0 spiro atoms. The van der Waals surface area contributed by atoms with Gasteiger partial charge in [0, 0.05) is 5.57 Å². The molecule has 10 heteroatoms. The number of nitrogens with one attached hydrogen (secondary N) is 1. The third kappa shape index (κ3) is 3.16. The molecule has 1 unspecified atom stereocenters. The maximum Gasteiger partial charge on any atom is 0.426 e. The van der Waals surface area contributed by atoms with Crippen molar-refractivity contribution in [3.63, 3.8) is 0 Å². The van der Waals surface area contributed by atoms with Crippen LogP contribution in [0.5, 0.6) is 0 Å². The third-order valence-corrected chi connectivity index (χ3v) is 6.54. The van der Waals surface area contributed by atoms with E-state index in [4.69, 9.17) is 0 Å². The molecule has 0 bridgehead atoms. The molecule has 0 radical (unpaired) electrons. The van der Waals surface area contributed by atoms with Gasteiger partial charge in [-0.05, 0) is 43.9 Å². The summed E-state index contributed by atoms with van der Waals surface area (Å²) >= 11 is 0. The molecule has 2 N–H and O–H groups in total. The number of sulfone groups is 1. The van der Waals surface area contributed by atoms with Crippen LogP contribution >= 0.6 is 0 Å². The van der Waals surface area contributed by atoms with Gasteiger partial charge in [0.25, 0.3) is 5.91 Å². The molecule has 146 valence electrons. The predicted molar refractivity (Wildman–Crippen MR) is 89.0 cm³/mol. The van der Waals surface area contributed by atoms with E-state index in [1.807, 2.05) is 5.32 Å². The highest BCUT2D eigenvalue weighted by Crippen LogP contribution is 2.39. The van der Waals surface area contributed by atoms with Crippen LogP contribution in [-0.4, -0.2) is 42.7 Å². The highest BCUT2D eigenvalue weighted by Gasteiger charge is 2.56. The number of anilines is 1. The zero-order valence-electron chi connectivity index (χ0n) is 14.2. The van der Waals surface area contributed by atoms with Gasteiger partial charge in [0.15, 0.2) is 15.6 Å². The van der Waals surface area contributed by atoms with Gasteiger partial charge in [-0.25, -0.2) is 8.42 Å². The maximum atomic E-state index is 12.9. The summed E-state index contributed by atoms with van der Waals surface area (Å²) in [6.07, 6.45) is -3.82. The van der Waals surface area contributed by atoms with Gasteiger partial charge >= 0.3 is 6.18 Å². The van der Waals surface area contributed by atoms with E-state index in [0.29, 0.717) is 30.4 Å². The Morgan fingerprint density at radius 1 is 1.22 bits per heavy atom. The van der Waals surface area contributed by atoms with E-state index in [-0.39, 0.29) is 28.8 Å². The normalized spacial score (nSPS) is 21.1. The van der Waals surface area contributed by atoms with E-state index >= 15 is 0 Å². The number of alkyl halides is 3. The number of aliphatic hydroxyl groups is 1. The van der Waals surface area contributed by atoms with Gasteiger partial charge in [-0.1, -0.05) is 6.07 Å². The Balaban J connectivity index is 2.12. The minimum atomic E-state index is -5.25. The van der Waals surface area contributed by atoms with Crippen molar-refractivity contribution in [1.82, 2.24) is 0 Å². The van der Waals surface area contributed by atoms with Gasteiger partial charge in [0.2, 0.25) is 5.60 Å². The maximum absolute atomic E-state index is 12.9. The standard InChI is InChI=1S/C17H16F3NO5S/c1-16(24,17(18,19)20)15(23)21-11-6-3-7-12-13(11)14(22)10-5-2-4-9(10)8-27(12,25)26/h3,6-7,24H,2,4-5,8H2,1H3,(H,21,23). The number of fused-ring (bicyclic) bond motifs is 1. The van der Waals surface area contributed by atoms with Crippen LogP contribution in [0.4, 0.5) is 18.9 Å². The monoisotopic (exact) mass is 403 g/mol. The van der Waals surface area contributed by atoms with Gasteiger partial charge in [-0.15, -0.1) is 0 Å². The van der Waals surface area contributed by atoms with Crippen LogP contribution in [0.15, 0.2) is 34.2 Å². The smallest absolute Gasteiger partial charge is 0.373 e. The van der Waals surface area contributed by atoms with Crippen LogP contribution in [0.1, 0.15) is 36.5 Å². The number of allylic oxidation sites excluding steroid dienone is 1. The molecule has 0 aromatic heterocycles. The lowest BCUT2D eigenvalue weighted by molar-refractivity contribution is -0.242. The minimum Gasteiger partial charge on any atom is -0.373 e. The second-order valence-electron chi connectivity index (χ2n) is 6.73. The van der Waals surface area contributed by atoms with Crippen molar-refractivity contribution in [3.05, 3.63) is 34.9 Å². The number of Topliss-reactive ketones (excluding diaryl/α,β-unsaturated/α-hetero) is 1. The summed E-state index contributed by atoms with van der Waals surface area (Å²) in [7, 11) is -3.90. The van der Waals surface area contributed by atoms with Crippen molar-refractivity contribution in [2.45, 2.75) is 42.9 Å². The largest absolute Gasteiger partial charge is 0.426 e. The van der Waals surface area contributed by atoms with Gasteiger partial charge in [0.1, 0.15) is 0 Å². The van der Waals surface area contributed by atoms with Crippen LogP contribution in [0, 0.1) is 0 Å². The van der Waals surface area contributed by atoms with Crippen LogP contribution in [0.2, 0.25) is 0 Å². The first-order valence-corrected chi connectivity index (χ1v) is 9.73. The Kier molecular flexibility index (Phi) is 4.47.